The highest BCUT2D eigenvalue weighted by Gasteiger charge is 2.07. The Morgan fingerprint density at radius 2 is 1.88 bits per heavy atom. The van der Waals surface area contributed by atoms with Gasteiger partial charge in [0, 0.05) is 13.2 Å². The predicted molar refractivity (Wildman–Crippen MR) is 97.4 cm³/mol. The fraction of sp³-hybridized carbons (Fsp3) is 0.368. The smallest absolute Gasteiger partial charge is 0.315 e. The number of carbonyl (C=O) groups excluding carboxylic acids is 2. The third-order valence-electron chi connectivity index (χ3n) is 3.69. The normalized spacial score (nSPS) is 11.6. The lowest BCUT2D eigenvalue weighted by molar-refractivity contribution is -0.120. The molecule has 1 aromatic heterocycles. The highest BCUT2D eigenvalue weighted by molar-refractivity contribution is 5.83. The summed E-state index contributed by atoms with van der Waals surface area (Å²) in [7, 11) is 0. The van der Waals surface area contributed by atoms with Gasteiger partial charge in [-0.15, -0.1) is 0 Å². The Morgan fingerprint density at radius 1 is 1.08 bits per heavy atom. The van der Waals surface area contributed by atoms with Crippen LogP contribution in [0.4, 0.5) is 4.79 Å². The van der Waals surface area contributed by atoms with Crippen molar-refractivity contribution in [3.63, 3.8) is 0 Å². The molecule has 0 aliphatic heterocycles. The molecule has 2 rings (SSSR count). The molecule has 3 N–H and O–H groups in total. The molecule has 0 radical (unpaired) electrons. The van der Waals surface area contributed by atoms with E-state index in [4.69, 9.17) is 9.15 Å². The van der Waals surface area contributed by atoms with Crippen molar-refractivity contribution in [2.75, 3.05) is 19.7 Å². The van der Waals surface area contributed by atoms with Gasteiger partial charge in [-0.3, -0.25) is 4.79 Å². The van der Waals surface area contributed by atoms with Gasteiger partial charge in [0.05, 0.1) is 25.5 Å². The van der Waals surface area contributed by atoms with Gasteiger partial charge in [0.25, 0.3) is 0 Å². The van der Waals surface area contributed by atoms with Crippen molar-refractivity contribution in [1.29, 1.82) is 0 Å². The van der Waals surface area contributed by atoms with Crippen molar-refractivity contribution in [1.82, 2.24) is 16.0 Å². The van der Waals surface area contributed by atoms with E-state index in [-0.39, 0.29) is 25.1 Å². The molecule has 1 atom stereocenters. The molecule has 0 bridgehead atoms. The molecular formula is C19H25N3O4. The summed E-state index contributed by atoms with van der Waals surface area (Å²) in [5.41, 5.74) is 1.13. The summed E-state index contributed by atoms with van der Waals surface area (Å²) in [6, 6.07) is 13.1. The average molecular weight is 359 g/mol. The molecule has 3 amide bonds. The molecule has 2 aromatic rings. The van der Waals surface area contributed by atoms with E-state index in [2.05, 4.69) is 16.0 Å². The van der Waals surface area contributed by atoms with Crippen molar-refractivity contribution in [2.45, 2.75) is 26.0 Å². The first kappa shape index (κ1) is 19.5. The summed E-state index contributed by atoms with van der Waals surface area (Å²) in [5.74, 6) is 0.406. The van der Waals surface area contributed by atoms with Crippen LogP contribution in [0.3, 0.4) is 0 Å². The van der Waals surface area contributed by atoms with Crippen LogP contribution in [0.2, 0.25) is 0 Å². The molecule has 26 heavy (non-hydrogen) atoms. The first-order valence-corrected chi connectivity index (χ1v) is 8.62. The minimum absolute atomic E-state index is 0.0198. The summed E-state index contributed by atoms with van der Waals surface area (Å²) in [5, 5.41) is 7.83. The summed E-state index contributed by atoms with van der Waals surface area (Å²) in [4.78, 5) is 23.3. The zero-order valence-electron chi connectivity index (χ0n) is 14.9. The monoisotopic (exact) mass is 359 g/mol. The number of hydrogen-bond donors (Lipinski definition) is 3. The standard InChI is InChI=1S/C19H25N3O4/c1-15(16-7-3-2-4-8-16)25-12-6-10-20-18(23)14-22-19(24)21-13-17-9-5-11-26-17/h2-5,7-9,11,15H,6,10,12-14H2,1H3,(H,20,23)(H2,21,22,24). The van der Waals surface area contributed by atoms with Crippen molar-refractivity contribution >= 4 is 11.9 Å². The molecule has 140 valence electrons. The van der Waals surface area contributed by atoms with E-state index in [1.807, 2.05) is 37.3 Å². The van der Waals surface area contributed by atoms with Crippen LogP contribution < -0.4 is 16.0 Å². The van der Waals surface area contributed by atoms with Crippen LogP contribution in [-0.2, 0) is 16.1 Å². The van der Waals surface area contributed by atoms with Crippen LogP contribution in [-0.4, -0.2) is 31.6 Å². The lowest BCUT2D eigenvalue weighted by Gasteiger charge is -2.13. The van der Waals surface area contributed by atoms with Gasteiger partial charge >= 0.3 is 6.03 Å². The number of rotatable bonds is 10. The molecule has 7 nitrogen and oxygen atoms in total. The maximum absolute atomic E-state index is 11.7. The quantitative estimate of drug-likeness (QED) is 0.568. The van der Waals surface area contributed by atoms with E-state index in [1.54, 1.807) is 12.1 Å². The second kappa shape index (κ2) is 10.9. The number of furan rings is 1. The maximum atomic E-state index is 11.7. The molecule has 0 aliphatic carbocycles. The summed E-state index contributed by atoms with van der Waals surface area (Å²) < 4.78 is 10.8. The lowest BCUT2D eigenvalue weighted by atomic mass is 10.1. The van der Waals surface area contributed by atoms with Crippen LogP contribution in [0.15, 0.2) is 53.1 Å². The molecule has 1 unspecified atom stereocenters. The van der Waals surface area contributed by atoms with Crippen molar-refractivity contribution in [3.8, 4) is 0 Å². The second-order valence-electron chi connectivity index (χ2n) is 5.74. The van der Waals surface area contributed by atoms with Crippen molar-refractivity contribution in [3.05, 3.63) is 60.1 Å². The van der Waals surface area contributed by atoms with Gasteiger partial charge < -0.3 is 25.1 Å². The van der Waals surface area contributed by atoms with Crippen molar-refractivity contribution in [2.24, 2.45) is 0 Å². The fourth-order valence-corrected chi connectivity index (χ4v) is 2.25. The highest BCUT2D eigenvalue weighted by Crippen LogP contribution is 2.15. The molecule has 7 heteroatoms. The van der Waals surface area contributed by atoms with Gasteiger partial charge in [0.2, 0.25) is 5.91 Å². The van der Waals surface area contributed by atoms with E-state index < -0.39 is 6.03 Å². The molecule has 0 saturated heterocycles. The Labute approximate surface area is 153 Å². The zero-order valence-corrected chi connectivity index (χ0v) is 14.9. The number of nitrogens with one attached hydrogen (secondary N) is 3. The number of hydrogen-bond acceptors (Lipinski definition) is 4. The van der Waals surface area contributed by atoms with Crippen molar-refractivity contribution < 1.29 is 18.7 Å². The maximum Gasteiger partial charge on any atom is 0.315 e. The molecule has 0 aliphatic rings. The molecule has 0 spiro atoms. The summed E-state index contributed by atoms with van der Waals surface area (Å²) in [6.45, 7) is 3.24. The zero-order chi connectivity index (χ0) is 18.6. The summed E-state index contributed by atoms with van der Waals surface area (Å²) in [6.07, 6.45) is 2.26. The van der Waals surface area contributed by atoms with E-state index >= 15 is 0 Å². The Morgan fingerprint density at radius 3 is 2.62 bits per heavy atom. The van der Waals surface area contributed by atoms with Gasteiger partial charge in [-0.1, -0.05) is 30.3 Å². The Kier molecular flexibility index (Phi) is 8.21. The minimum Gasteiger partial charge on any atom is -0.467 e. The molecular weight excluding hydrogens is 334 g/mol. The van der Waals surface area contributed by atoms with Crippen LogP contribution >= 0.6 is 0 Å². The van der Waals surface area contributed by atoms with Gasteiger partial charge in [-0.25, -0.2) is 4.79 Å². The SMILES string of the molecule is CC(OCCCNC(=O)CNC(=O)NCc1ccco1)c1ccccc1. The predicted octanol–water partition coefficient (Wildman–Crippen LogP) is 2.36. The fourth-order valence-electron chi connectivity index (χ4n) is 2.25. The number of ether oxygens (including phenoxy) is 1. The minimum atomic E-state index is -0.420. The number of amides is 3. The second-order valence-corrected chi connectivity index (χ2v) is 5.74. The molecule has 1 aromatic carbocycles. The number of benzene rings is 1. The van der Waals surface area contributed by atoms with Gasteiger partial charge in [0.15, 0.2) is 0 Å². The molecule has 0 fully saturated rings. The third-order valence-corrected chi connectivity index (χ3v) is 3.69. The first-order chi connectivity index (χ1) is 12.6. The van der Waals surface area contributed by atoms with E-state index in [1.165, 1.54) is 6.26 Å². The third kappa shape index (κ3) is 7.40. The van der Waals surface area contributed by atoms with E-state index in [0.717, 1.165) is 5.56 Å². The Hall–Kier alpha value is -2.80. The van der Waals surface area contributed by atoms with E-state index in [0.29, 0.717) is 25.3 Å². The Balaban J connectivity index is 1.49. The summed E-state index contributed by atoms with van der Waals surface area (Å²) >= 11 is 0. The average Bonchev–Trinajstić information content (AvgIpc) is 3.18. The van der Waals surface area contributed by atoms with Gasteiger partial charge in [-0.05, 0) is 31.0 Å². The van der Waals surface area contributed by atoms with Gasteiger partial charge in [-0.2, -0.15) is 0 Å². The lowest BCUT2D eigenvalue weighted by Crippen LogP contribution is -2.42. The number of urea groups is 1. The topological polar surface area (TPSA) is 92.6 Å². The largest absolute Gasteiger partial charge is 0.467 e. The Bertz CT molecular complexity index is 659. The van der Waals surface area contributed by atoms with Gasteiger partial charge in [0.1, 0.15) is 5.76 Å². The first-order valence-electron chi connectivity index (χ1n) is 8.62. The van der Waals surface area contributed by atoms with E-state index in [9.17, 15) is 9.59 Å². The molecule has 0 saturated carbocycles. The van der Waals surface area contributed by atoms with Crippen LogP contribution in [0, 0.1) is 0 Å². The van der Waals surface area contributed by atoms with Crippen LogP contribution in [0.1, 0.15) is 30.8 Å². The van der Waals surface area contributed by atoms with Crippen LogP contribution in [0.25, 0.3) is 0 Å². The molecule has 1 heterocycles. The highest BCUT2D eigenvalue weighted by atomic mass is 16.5. The number of carbonyl (C=O) groups is 2. The van der Waals surface area contributed by atoms with Crippen LogP contribution in [0.5, 0.6) is 0 Å².